The molecule has 0 saturated heterocycles. The van der Waals surface area contributed by atoms with Gasteiger partial charge in [0.2, 0.25) is 0 Å². The SMILES string of the molecule is O=C(Cn1c(=O)c(Br)cn(Cc2ccccc2)c1=O)N1N=C2/C(=C\c3ccc(F)cc3)CCCC2C1c1ccc(F)cc1. The molecule has 1 aliphatic heterocycles. The predicted molar refractivity (Wildman–Crippen MR) is 163 cm³/mol. The van der Waals surface area contributed by atoms with Crippen molar-refractivity contribution in [3.63, 3.8) is 0 Å². The van der Waals surface area contributed by atoms with Crippen molar-refractivity contribution in [1.82, 2.24) is 14.1 Å². The fraction of sp³-hybridized carbons (Fsp3) is 0.212. The molecule has 0 bridgehead atoms. The highest BCUT2D eigenvalue weighted by Crippen LogP contribution is 2.44. The number of carbonyl (C=O) groups excluding carboxylic acids is 1. The molecule has 6 rings (SSSR count). The van der Waals surface area contributed by atoms with E-state index in [9.17, 15) is 23.2 Å². The summed E-state index contributed by atoms with van der Waals surface area (Å²) in [5.74, 6) is -1.45. The van der Waals surface area contributed by atoms with Crippen molar-refractivity contribution in [3.8, 4) is 0 Å². The number of hydrogen-bond donors (Lipinski definition) is 0. The van der Waals surface area contributed by atoms with Gasteiger partial charge in [0.1, 0.15) is 18.2 Å². The van der Waals surface area contributed by atoms with Gasteiger partial charge in [-0.15, -0.1) is 0 Å². The van der Waals surface area contributed by atoms with E-state index >= 15 is 0 Å². The number of carbonyl (C=O) groups is 1. The Bertz CT molecular complexity index is 1850. The molecule has 0 radical (unpaired) electrons. The van der Waals surface area contributed by atoms with Gasteiger partial charge >= 0.3 is 5.69 Å². The molecule has 2 unspecified atom stereocenters. The molecule has 2 heterocycles. The molecule has 1 aromatic heterocycles. The number of fused-ring (bicyclic) bond motifs is 1. The van der Waals surface area contributed by atoms with E-state index in [1.807, 2.05) is 36.4 Å². The van der Waals surface area contributed by atoms with Gasteiger partial charge in [0, 0.05) is 12.1 Å². The first-order chi connectivity index (χ1) is 20.8. The zero-order chi connectivity index (χ0) is 30.1. The molecule has 4 aromatic rings. The van der Waals surface area contributed by atoms with Crippen LogP contribution < -0.4 is 11.2 Å². The Morgan fingerprint density at radius 3 is 2.33 bits per heavy atom. The van der Waals surface area contributed by atoms with Crippen LogP contribution >= 0.6 is 15.9 Å². The van der Waals surface area contributed by atoms with E-state index in [0.717, 1.165) is 46.2 Å². The average Bonchev–Trinajstić information content (AvgIpc) is 3.41. The van der Waals surface area contributed by atoms with Crippen molar-refractivity contribution in [1.29, 1.82) is 0 Å². The number of rotatable bonds is 6. The highest BCUT2D eigenvalue weighted by Gasteiger charge is 2.43. The van der Waals surface area contributed by atoms with E-state index in [2.05, 4.69) is 15.9 Å². The molecule has 2 atom stereocenters. The van der Waals surface area contributed by atoms with Gasteiger partial charge in [0.05, 0.1) is 22.8 Å². The molecule has 2 aliphatic rings. The maximum absolute atomic E-state index is 14.0. The Kier molecular flexibility index (Phi) is 8.03. The summed E-state index contributed by atoms with van der Waals surface area (Å²) in [4.78, 5) is 40.5. The fourth-order valence-electron chi connectivity index (χ4n) is 5.82. The summed E-state index contributed by atoms with van der Waals surface area (Å²) in [6, 6.07) is 20.9. The Hall–Kier alpha value is -4.44. The second-order valence-corrected chi connectivity index (χ2v) is 11.6. The van der Waals surface area contributed by atoms with Gasteiger partial charge in [-0.2, -0.15) is 5.10 Å². The minimum Gasteiger partial charge on any atom is -0.295 e. The van der Waals surface area contributed by atoms with Crippen LogP contribution in [-0.2, 0) is 17.9 Å². The van der Waals surface area contributed by atoms with Crippen LogP contribution in [0.1, 0.15) is 42.0 Å². The lowest BCUT2D eigenvalue weighted by atomic mass is 9.77. The Balaban J connectivity index is 1.38. The molecular weight excluding hydrogens is 618 g/mol. The van der Waals surface area contributed by atoms with Gasteiger partial charge in [-0.25, -0.2) is 23.2 Å². The second-order valence-electron chi connectivity index (χ2n) is 10.7. The summed E-state index contributed by atoms with van der Waals surface area (Å²) < 4.78 is 29.8. The molecule has 218 valence electrons. The monoisotopic (exact) mass is 644 g/mol. The first kappa shape index (κ1) is 28.7. The molecule has 0 N–H and O–H groups in total. The Labute approximate surface area is 254 Å². The third-order valence-corrected chi connectivity index (χ3v) is 8.41. The van der Waals surface area contributed by atoms with Crippen LogP contribution in [0, 0.1) is 17.6 Å². The number of hydrazone groups is 1. The normalized spacial score (nSPS) is 18.9. The molecule has 1 aliphatic carbocycles. The number of allylic oxidation sites excluding steroid dienone is 1. The molecule has 43 heavy (non-hydrogen) atoms. The highest BCUT2D eigenvalue weighted by atomic mass is 79.9. The number of hydrogen-bond acceptors (Lipinski definition) is 4. The zero-order valence-electron chi connectivity index (χ0n) is 23.0. The maximum atomic E-state index is 14.0. The number of amides is 1. The fourth-order valence-corrected chi connectivity index (χ4v) is 6.28. The summed E-state index contributed by atoms with van der Waals surface area (Å²) in [6.45, 7) is -0.305. The third-order valence-electron chi connectivity index (χ3n) is 7.86. The molecular formula is C33H27BrF2N4O3. The molecule has 3 aromatic carbocycles. The van der Waals surface area contributed by atoms with E-state index in [1.165, 1.54) is 40.0 Å². The lowest BCUT2D eigenvalue weighted by Gasteiger charge is -2.29. The number of halogens is 3. The van der Waals surface area contributed by atoms with E-state index in [4.69, 9.17) is 5.10 Å². The van der Waals surface area contributed by atoms with Gasteiger partial charge in [0.25, 0.3) is 11.5 Å². The van der Waals surface area contributed by atoms with Crippen LogP contribution in [0.3, 0.4) is 0 Å². The van der Waals surface area contributed by atoms with Gasteiger partial charge in [-0.3, -0.25) is 14.2 Å². The van der Waals surface area contributed by atoms with Crippen molar-refractivity contribution < 1.29 is 13.6 Å². The van der Waals surface area contributed by atoms with Crippen molar-refractivity contribution in [2.45, 2.75) is 38.4 Å². The lowest BCUT2D eigenvalue weighted by molar-refractivity contribution is -0.134. The first-order valence-corrected chi connectivity index (χ1v) is 14.7. The highest BCUT2D eigenvalue weighted by molar-refractivity contribution is 9.10. The van der Waals surface area contributed by atoms with Gasteiger partial charge in [-0.05, 0) is 87.8 Å². The standard InChI is InChI=1S/C33H27BrF2N4O3/c34-28-19-38(18-22-5-2-1-3-6-22)33(43)39(32(28)42)20-29(41)40-31(23-11-15-26(36)16-12-23)27-8-4-7-24(30(27)37-40)17-21-9-13-25(35)14-10-21/h1-3,5-6,9-17,19,27,31H,4,7-8,18,20H2/b24-17-. The molecule has 10 heteroatoms. The number of nitrogens with zero attached hydrogens (tertiary/aromatic N) is 4. The Morgan fingerprint density at radius 2 is 1.63 bits per heavy atom. The van der Waals surface area contributed by atoms with Crippen molar-refractivity contribution in [3.05, 3.63) is 144 Å². The zero-order valence-corrected chi connectivity index (χ0v) is 24.6. The van der Waals surface area contributed by atoms with Crippen LogP contribution in [0.2, 0.25) is 0 Å². The van der Waals surface area contributed by atoms with E-state index < -0.39 is 35.6 Å². The third kappa shape index (κ3) is 5.92. The van der Waals surface area contributed by atoms with Crippen LogP contribution in [0.4, 0.5) is 8.78 Å². The summed E-state index contributed by atoms with van der Waals surface area (Å²) in [6.07, 6.45) is 5.68. The topological polar surface area (TPSA) is 76.7 Å². The summed E-state index contributed by atoms with van der Waals surface area (Å²) in [5, 5.41) is 6.12. The van der Waals surface area contributed by atoms with Gasteiger partial charge in [0.15, 0.2) is 0 Å². The summed E-state index contributed by atoms with van der Waals surface area (Å²) in [7, 11) is 0. The molecule has 0 spiro atoms. The van der Waals surface area contributed by atoms with Gasteiger partial charge in [-0.1, -0.05) is 54.6 Å². The minimum atomic E-state index is -0.623. The number of benzene rings is 3. The predicted octanol–water partition coefficient (Wildman–Crippen LogP) is 5.92. The van der Waals surface area contributed by atoms with E-state index in [-0.39, 0.29) is 22.8 Å². The smallest absolute Gasteiger partial charge is 0.295 e. The molecule has 1 saturated carbocycles. The largest absolute Gasteiger partial charge is 0.331 e. The molecule has 1 amide bonds. The molecule has 7 nitrogen and oxygen atoms in total. The second kappa shape index (κ2) is 12.0. The quantitative estimate of drug-likeness (QED) is 0.261. The van der Waals surface area contributed by atoms with Gasteiger partial charge < -0.3 is 0 Å². The summed E-state index contributed by atoms with van der Waals surface area (Å²) in [5.41, 5.74) is 2.77. The summed E-state index contributed by atoms with van der Waals surface area (Å²) >= 11 is 3.25. The number of aromatic nitrogens is 2. The minimum absolute atomic E-state index is 0.150. The van der Waals surface area contributed by atoms with Crippen LogP contribution in [-0.4, -0.2) is 25.8 Å². The van der Waals surface area contributed by atoms with E-state index in [0.29, 0.717) is 5.56 Å². The van der Waals surface area contributed by atoms with Crippen molar-refractivity contribution >= 4 is 33.6 Å². The molecule has 1 fully saturated rings. The van der Waals surface area contributed by atoms with E-state index in [1.54, 1.807) is 24.3 Å². The first-order valence-electron chi connectivity index (χ1n) is 13.9. The van der Waals surface area contributed by atoms with Crippen molar-refractivity contribution in [2.24, 2.45) is 11.0 Å². The van der Waals surface area contributed by atoms with Crippen LogP contribution in [0.5, 0.6) is 0 Å². The Morgan fingerprint density at radius 1 is 0.953 bits per heavy atom. The van der Waals surface area contributed by atoms with Crippen LogP contribution in [0.15, 0.2) is 110 Å². The maximum Gasteiger partial charge on any atom is 0.331 e. The lowest BCUT2D eigenvalue weighted by Crippen LogP contribution is -2.44. The van der Waals surface area contributed by atoms with Crippen molar-refractivity contribution in [2.75, 3.05) is 0 Å². The van der Waals surface area contributed by atoms with Crippen LogP contribution in [0.25, 0.3) is 6.08 Å². The average molecular weight is 646 g/mol.